The van der Waals surface area contributed by atoms with Crippen molar-refractivity contribution in [3.05, 3.63) is 70.7 Å². The van der Waals surface area contributed by atoms with E-state index < -0.39 is 22.0 Å². The van der Waals surface area contributed by atoms with Gasteiger partial charge in [0, 0.05) is 25.2 Å². The molecule has 0 unspecified atom stereocenters. The highest BCUT2D eigenvalue weighted by molar-refractivity contribution is 7.88. The molecule has 0 aliphatic carbocycles. The number of rotatable bonds is 9. The Morgan fingerprint density at radius 2 is 1.63 bits per heavy atom. The van der Waals surface area contributed by atoms with Gasteiger partial charge in [-0.15, -0.1) is 0 Å². The molecular weight excluding hydrogens is 426 g/mol. The predicted molar refractivity (Wildman–Crippen MR) is 117 cm³/mol. The molecule has 2 aromatic carbocycles. The molecule has 30 heavy (non-hydrogen) atoms. The van der Waals surface area contributed by atoms with E-state index >= 15 is 0 Å². The Morgan fingerprint density at radius 1 is 1.03 bits per heavy atom. The molecule has 0 saturated carbocycles. The van der Waals surface area contributed by atoms with Gasteiger partial charge in [-0.1, -0.05) is 54.1 Å². The summed E-state index contributed by atoms with van der Waals surface area (Å²) in [6, 6.07) is 15.5. The van der Waals surface area contributed by atoms with Crippen molar-refractivity contribution in [1.82, 2.24) is 14.5 Å². The summed E-state index contributed by atoms with van der Waals surface area (Å²) >= 11 is 5.92. The zero-order valence-electron chi connectivity index (χ0n) is 17.2. The summed E-state index contributed by atoms with van der Waals surface area (Å²) < 4.78 is 24.4. The molecule has 1 N–H and O–H groups in total. The minimum Gasteiger partial charge on any atom is -0.350 e. The van der Waals surface area contributed by atoms with E-state index in [2.05, 4.69) is 5.32 Å². The molecule has 0 aliphatic heterocycles. The molecule has 9 heteroatoms. The molecule has 7 nitrogen and oxygen atoms in total. The van der Waals surface area contributed by atoms with Crippen LogP contribution in [-0.2, 0) is 32.7 Å². The smallest absolute Gasteiger partial charge is 0.242 e. The van der Waals surface area contributed by atoms with Crippen LogP contribution in [-0.4, -0.2) is 55.3 Å². The van der Waals surface area contributed by atoms with E-state index in [1.54, 1.807) is 31.2 Å². The molecule has 2 amide bonds. The van der Waals surface area contributed by atoms with E-state index in [4.69, 9.17) is 11.6 Å². The van der Waals surface area contributed by atoms with Crippen LogP contribution < -0.4 is 5.32 Å². The van der Waals surface area contributed by atoms with Crippen molar-refractivity contribution < 1.29 is 18.0 Å². The van der Waals surface area contributed by atoms with Crippen molar-refractivity contribution in [1.29, 1.82) is 0 Å². The standard InChI is InChI=1S/C21H26ClN3O4S/c1-16(21(27)23-13-17-7-5-4-6-8-17)25(14-18-9-11-19(22)12-10-18)20(26)15-24(2)30(3,28)29/h4-12,16H,13-15H2,1-3H3,(H,23,27)/t16-/m0/s1. The molecule has 0 saturated heterocycles. The van der Waals surface area contributed by atoms with Crippen molar-refractivity contribution in [3.8, 4) is 0 Å². The molecule has 0 aliphatic rings. The van der Waals surface area contributed by atoms with Gasteiger partial charge in [-0.25, -0.2) is 8.42 Å². The monoisotopic (exact) mass is 451 g/mol. The fraction of sp³-hybridized carbons (Fsp3) is 0.333. The lowest BCUT2D eigenvalue weighted by molar-refractivity contribution is -0.140. The van der Waals surface area contributed by atoms with E-state index in [9.17, 15) is 18.0 Å². The van der Waals surface area contributed by atoms with Crippen LogP contribution in [0.4, 0.5) is 0 Å². The molecule has 0 aromatic heterocycles. The van der Waals surface area contributed by atoms with Crippen LogP contribution in [0.5, 0.6) is 0 Å². The Hall–Kier alpha value is -2.42. The summed E-state index contributed by atoms with van der Waals surface area (Å²) in [7, 11) is -2.21. The van der Waals surface area contributed by atoms with Gasteiger partial charge >= 0.3 is 0 Å². The first kappa shape index (κ1) is 23.9. The van der Waals surface area contributed by atoms with Gasteiger partial charge in [0.1, 0.15) is 6.04 Å². The largest absolute Gasteiger partial charge is 0.350 e. The van der Waals surface area contributed by atoms with Crippen LogP contribution in [0, 0.1) is 0 Å². The number of sulfonamides is 1. The molecule has 0 heterocycles. The maximum absolute atomic E-state index is 12.9. The normalized spacial score (nSPS) is 12.4. The lowest BCUT2D eigenvalue weighted by atomic mass is 10.1. The fourth-order valence-corrected chi connectivity index (χ4v) is 3.17. The van der Waals surface area contributed by atoms with Crippen LogP contribution in [0.25, 0.3) is 0 Å². The zero-order chi connectivity index (χ0) is 22.3. The summed E-state index contributed by atoms with van der Waals surface area (Å²) in [6.45, 7) is 1.74. The van der Waals surface area contributed by atoms with Gasteiger partial charge in [-0.05, 0) is 30.2 Å². The number of likely N-dealkylation sites (N-methyl/N-ethyl adjacent to an activating group) is 1. The lowest BCUT2D eigenvalue weighted by Gasteiger charge is -2.30. The number of carbonyl (C=O) groups is 2. The molecule has 162 valence electrons. The first-order valence-electron chi connectivity index (χ1n) is 9.35. The number of hydrogen-bond acceptors (Lipinski definition) is 4. The second kappa shape index (κ2) is 10.6. The number of amides is 2. The van der Waals surface area contributed by atoms with E-state index in [-0.39, 0.29) is 19.0 Å². The van der Waals surface area contributed by atoms with Crippen molar-refractivity contribution >= 4 is 33.4 Å². The Morgan fingerprint density at radius 3 is 2.20 bits per heavy atom. The second-order valence-corrected chi connectivity index (χ2v) is 9.57. The van der Waals surface area contributed by atoms with E-state index in [1.807, 2.05) is 30.3 Å². The van der Waals surface area contributed by atoms with Crippen molar-refractivity contribution in [3.63, 3.8) is 0 Å². The lowest BCUT2D eigenvalue weighted by Crippen LogP contribution is -2.50. The average Bonchev–Trinajstić information content (AvgIpc) is 2.71. The van der Waals surface area contributed by atoms with Crippen LogP contribution in [0.2, 0.25) is 5.02 Å². The van der Waals surface area contributed by atoms with Crippen LogP contribution in [0.15, 0.2) is 54.6 Å². The number of halogens is 1. The number of nitrogens with one attached hydrogen (secondary N) is 1. The third kappa shape index (κ3) is 7.12. The summed E-state index contributed by atoms with van der Waals surface area (Å²) in [6.07, 6.45) is 1.03. The van der Waals surface area contributed by atoms with Gasteiger partial charge in [0.2, 0.25) is 21.8 Å². The summed E-state index contributed by atoms with van der Waals surface area (Å²) in [5.74, 6) is -0.802. The van der Waals surface area contributed by atoms with Crippen molar-refractivity contribution in [2.24, 2.45) is 0 Å². The summed E-state index contributed by atoms with van der Waals surface area (Å²) in [4.78, 5) is 27.0. The molecule has 1 atom stereocenters. The van der Waals surface area contributed by atoms with Crippen molar-refractivity contribution in [2.45, 2.75) is 26.1 Å². The average molecular weight is 452 g/mol. The molecular formula is C21H26ClN3O4S. The third-order valence-corrected chi connectivity index (χ3v) is 6.18. The molecule has 0 fully saturated rings. The molecule has 2 rings (SSSR count). The number of hydrogen-bond donors (Lipinski definition) is 1. The topological polar surface area (TPSA) is 86.8 Å². The van der Waals surface area contributed by atoms with Crippen LogP contribution in [0.3, 0.4) is 0 Å². The van der Waals surface area contributed by atoms with Gasteiger partial charge in [0.05, 0.1) is 12.8 Å². The number of carbonyl (C=O) groups excluding carboxylic acids is 2. The van der Waals surface area contributed by atoms with Crippen LogP contribution in [0.1, 0.15) is 18.1 Å². The van der Waals surface area contributed by atoms with Gasteiger partial charge in [0.15, 0.2) is 0 Å². The summed E-state index contributed by atoms with van der Waals surface area (Å²) in [5, 5.41) is 3.38. The second-order valence-electron chi connectivity index (χ2n) is 7.05. The highest BCUT2D eigenvalue weighted by Crippen LogP contribution is 2.14. The highest BCUT2D eigenvalue weighted by atomic mass is 35.5. The van der Waals surface area contributed by atoms with E-state index in [1.165, 1.54) is 11.9 Å². The Kier molecular flexibility index (Phi) is 8.40. The molecule has 0 bridgehead atoms. The predicted octanol–water partition coefficient (Wildman–Crippen LogP) is 2.26. The summed E-state index contributed by atoms with van der Waals surface area (Å²) in [5.41, 5.74) is 1.71. The van der Waals surface area contributed by atoms with Gasteiger partial charge < -0.3 is 10.2 Å². The van der Waals surface area contributed by atoms with E-state index in [0.717, 1.165) is 21.7 Å². The highest BCUT2D eigenvalue weighted by Gasteiger charge is 2.28. The van der Waals surface area contributed by atoms with Gasteiger partial charge in [-0.2, -0.15) is 4.31 Å². The Labute approximate surface area is 182 Å². The number of nitrogens with zero attached hydrogens (tertiary/aromatic N) is 2. The maximum atomic E-state index is 12.9. The first-order valence-corrected chi connectivity index (χ1v) is 11.6. The fourth-order valence-electron chi connectivity index (χ4n) is 2.70. The number of benzene rings is 2. The zero-order valence-corrected chi connectivity index (χ0v) is 18.8. The first-order chi connectivity index (χ1) is 14.1. The third-order valence-electron chi connectivity index (χ3n) is 4.67. The minimum atomic E-state index is -3.53. The van der Waals surface area contributed by atoms with Gasteiger partial charge in [0.25, 0.3) is 0 Å². The SMILES string of the molecule is C[C@@H](C(=O)NCc1ccccc1)N(Cc1ccc(Cl)cc1)C(=O)CN(C)S(C)(=O)=O. The van der Waals surface area contributed by atoms with Crippen molar-refractivity contribution in [2.75, 3.05) is 19.8 Å². The van der Waals surface area contributed by atoms with Gasteiger partial charge in [-0.3, -0.25) is 9.59 Å². The molecule has 2 aromatic rings. The van der Waals surface area contributed by atoms with Crippen LogP contribution >= 0.6 is 11.6 Å². The Bertz CT molecular complexity index is 966. The molecule has 0 spiro atoms. The quantitative estimate of drug-likeness (QED) is 0.633. The minimum absolute atomic E-state index is 0.146. The Balaban J connectivity index is 2.16. The maximum Gasteiger partial charge on any atom is 0.242 e. The van der Waals surface area contributed by atoms with E-state index in [0.29, 0.717) is 11.6 Å². The molecule has 0 radical (unpaired) electrons.